The highest BCUT2D eigenvalue weighted by atomic mass is 14.8. The molecule has 0 aliphatic heterocycles. The van der Waals surface area contributed by atoms with E-state index in [1.54, 1.807) is 0 Å². The molecule has 1 saturated carbocycles. The summed E-state index contributed by atoms with van der Waals surface area (Å²) in [6.07, 6.45) is 5.68. The van der Waals surface area contributed by atoms with Gasteiger partial charge in [-0.1, -0.05) is 51.0 Å². The Bertz CT molecular complexity index is 346. The zero-order valence-electron chi connectivity index (χ0n) is 12.1. The summed E-state index contributed by atoms with van der Waals surface area (Å²) in [7, 11) is 2.07. The summed E-state index contributed by atoms with van der Waals surface area (Å²) < 4.78 is 0. The third-order valence-electron chi connectivity index (χ3n) is 4.42. The molecule has 1 aliphatic carbocycles. The zero-order valence-corrected chi connectivity index (χ0v) is 12.1. The lowest BCUT2D eigenvalue weighted by atomic mass is 9.84. The van der Waals surface area contributed by atoms with Crippen LogP contribution in [0.4, 0.5) is 0 Å². The van der Waals surface area contributed by atoms with E-state index < -0.39 is 0 Å². The largest absolute Gasteiger partial charge is 0.319 e. The van der Waals surface area contributed by atoms with Gasteiger partial charge in [0.15, 0.2) is 0 Å². The molecule has 1 nitrogen and oxygen atoms in total. The molecule has 1 aliphatic rings. The van der Waals surface area contributed by atoms with E-state index in [0.717, 1.165) is 12.5 Å². The second kappa shape index (κ2) is 6.38. The molecule has 1 heteroatoms. The Morgan fingerprint density at radius 1 is 1.06 bits per heavy atom. The van der Waals surface area contributed by atoms with Gasteiger partial charge in [-0.05, 0) is 48.8 Å². The smallest absolute Gasteiger partial charge is 0.00198 e. The first kappa shape index (κ1) is 13.6. The molecule has 0 amide bonds. The van der Waals surface area contributed by atoms with Crippen molar-refractivity contribution in [3.63, 3.8) is 0 Å². The highest BCUT2D eigenvalue weighted by Crippen LogP contribution is 2.37. The first-order valence-electron chi connectivity index (χ1n) is 7.47. The average Bonchev–Trinajstić information content (AvgIpc) is 2.90. The van der Waals surface area contributed by atoms with Crippen LogP contribution in [0.15, 0.2) is 24.3 Å². The van der Waals surface area contributed by atoms with Gasteiger partial charge in [-0.3, -0.25) is 0 Å². The molecule has 0 heterocycles. The van der Waals surface area contributed by atoms with E-state index in [1.165, 1.54) is 36.8 Å². The second-order valence-corrected chi connectivity index (χ2v) is 6.03. The van der Waals surface area contributed by atoms with Gasteiger partial charge < -0.3 is 5.32 Å². The predicted molar refractivity (Wildman–Crippen MR) is 79.2 cm³/mol. The van der Waals surface area contributed by atoms with Crippen LogP contribution in [0, 0.1) is 5.92 Å². The van der Waals surface area contributed by atoms with Crippen LogP contribution in [0.3, 0.4) is 0 Å². The number of benzene rings is 1. The van der Waals surface area contributed by atoms with Crippen molar-refractivity contribution in [1.29, 1.82) is 0 Å². The van der Waals surface area contributed by atoms with Crippen molar-refractivity contribution in [3.8, 4) is 0 Å². The Hall–Kier alpha value is -0.820. The molecule has 2 rings (SSSR count). The van der Waals surface area contributed by atoms with Gasteiger partial charge in [-0.25, -0.2) is 0 Å². The van der Waals surface area contributed by atoms with Crippen molar-refractivity contribution in [2.24, 2.45) is 5.92 Å². The van der Waals surface area contributed by atoms with Crippen LogP contribution in [0.25, 0.3) is 0 Å². The molecule has 1 fully saturated rings. The summed E-state index contributed by atoms with van der Waals surface area (Å²) in [5, 5.41) is 3.38. The van der Waals surface area contributed by atoms with E-state index in [4.69, 9.17) is 0 Å². The Labute approximate surface area is 112 Å². The molecular formula is C17H27N. The van der Waals surface area contributed by atoms with Crippen LogP contribution in [0.1, 0.15) is 62.5 Å². The molecule has 0 bridgehead atoms. The monoisotopic (exact) mass is 245 g/mol. The summed E-state index contributed by atoms with van der Waals surface area (Å²) in [6.45, 7) is 5.64. The van der Waals surface area contributed by atoms with Gasteiger partial charge in [0, 0.05) is 6.54 Å². The molecule has 100 valence electrons. The van der Waals surface area contributed by atoms with Gasteiger partial charge in [-0.15, -0.1) is 0 Å². The van der Waals surface area contributed by atoms with Crippen LogP contribution in [0.2, 0.25) is 0 Å². The lowest BCUT2D eigenvalue weighted by Gasteiger charge is -2.24. The Morgan fingerprint density at radius 2 is 1.61 bits per heavy atom. The molecule has 18 heavy (non-hydrogen) atoms. The minimum Gasteiger partial charge on any atom is -0.319 e. The van der Waals surface area contributed by atoms with E-state index in [1.807, 2.05) is 0 Å². The van der Waals surface area contributed by atoms with Crippen LogP contribution in [-0.4, -0.2) is 13.6 Å². The highest BCUT2D eigenvalue weighted by Gasteiger charge is 2.25. The molecule has 1 aromatic carbocycles. The maximum Gasteiger partial charge on any atom is 0.00198 e. The highest BCUT2D eigenvalue weighted by molar-refractivity contribution is 5.28. The van der Waals surface area contributed by atoms with Gasteiger partial charge in [0.25, 0.3) is 0 Å². The Balaban J connectivity index is 2.14. The Morgan fingerprint density at radius 3 is 2.11 bits per heavy atom. The molecule has 1 unspecified atom stereocenters. The molecule has 0 spiro atoms. The first-order valence-corrected chi connectivity index (χ1v) is 7.47. The first-order chi connectivity index (χ1) is 8.72. The Kier molecular flexibility index (Phi) is 4.82. The molecule has 0 radical (unpaired) electrons. The minimum absolute atomic E-state index is 0.633. The minimum atomic E-state index is 0.633. The third-order valence-corrected chi connectivity index (χ3v) is 4.42. The standard InChI is InChI=1S/C17H27N/c1-13(2)14-8-10-16(11-9-14)17(12-18-3)15-6-4-5-7-15/h8-11,13,15,17-18H,4-7,12H2,1-3H3. The quantitative estimate of drug-likeness (QED) is 0.815. The van der Waals surface area contributed by atoms with Crippen LogP contribution in [-0.2, 0) is 0 Å². The lowest BCUT2D eigenvalue weighted by molar-refractivity contribution is 0.421. The number of hydrogen-bond acceptors (Lipinski definition) is 1. The topological polar surface area (TPSA) is 12.0 Å². The van der Waals surface area contributed by atoms with Crippen LogP contribution < -0.4 is 5.32 Å². The predicted octanol–water partition coefficient (Wildman–Crippen LogP) is 4.30. The van der Waals surface area contributed by atoms with Gasteiger partial charge in [0.1, 0.15) is 0 Å². The molecule has 0 aromatic heterocycles. The van der Waals surface area contributed by atoms with Crippen molar-refractivity contribution in [2.75, 3.05) is 13.6 Å². The summed E-state index contributed by atoms with van der Waals surface area (Å²) in [6, 6.07) is 9.35. The summed E-state index contributed by atoms with van der Waals surface area (Å²) in [5.41, 5.74) is 2.98. The normalized spacial score (nSPS) is 18.4. The van der Waals surface area contributed by atoms with Crippen molar-refractivity contribution >= 4 is 0 Å². The van der Waals surface area contributed by atoms with Crippen molar-refractivity contribution in [2.45, 2.75) is 51.4 Å². The van der Waals surface area contributed by atoms with E-state index in [0.29, 0.717) is 11.8 Å². The van der Waals surface area contributed by atoms with Gasteiger partial charge in [0.2, 0.25) is 0 Å². The zero-order chi connectivity index (χ0) is 13.0. The summed E-state index contributed by atoms with van der Waals surface area (Å²) in [4.78, 5) is 0. The van der Waals surface area contributed by atoms with Gasteiger partial charge in [0.05, 0.1) is 0 Å². The average molecular weight is 245 g/mol. The van der Waals surface area contributed by atoms with E-state index in [-0.39, 0.29) is 0 Å². The summed E-state index contributed by atoms with van der Waals surface area (Å²) in [5.74, 6) is 2.23. The second-order valence-electron chi connectivity index (χ2n) is 6.03. The van der Waals surface area contributed by atoms with Crippen molar-refractivity contribution < 1.29 is 0 Å². The van der Waals surface area contributed by atoms with Gasteiger partial charge in [-0.2, -0.15) is 0 Å². The lowest BCUT2D eigenvalue weighted by Crippen LogP contribution is -2.22. The molecule has 0 saturated heterocycles. The molecule has 1 N–H and O–H groups in total. The van der Waals surface area contributed by atoms with Crippen molar-refractivity contribution in [1.82, 2.24) is 5.32 Å². The molecular weight excluding hydrogens is 218 g/mol. The number of hydrogen-bond donors (Lipinski definition) is 1. The van der Waals surface area contributed by atoms with Gasteiger partial charge >= 0.3 is 0 Å². The summed E-state index contributed by atoms with van der Waals surface area (Å²) >= 11 is 0. The van der Waals surface area contributed by atoms with E-state index in [2.05, 4.69) is 50.5 Å². The number of likely N-dealkylation sites (N-methyl/N-ethyl adjacent to an activating group) is 1. The fourth-order valence-electron chi connectivity index (χ4n) is 3.26. The fourth-order valence-corrected chi connectivity index (χ4v) is 3.26. The molecule has 1 atom stereocenters. The van der Waals surface area contributed by atoms with Crippen molar-refractivity contribution in [3.05, 3.63) is 35.4 Å². The van der Waals surface area contributed by atoms with Crippen LogP contribution in [0.5, 0.6) is 0 Å². The SMILES string of the molecule is CNCC(c1ccc(C(C)C)cc1)C1CCCC1. The third kappa shape index (κ3) is 3.14. The fraction of sp³-hybridized carbons (Fsp3) is 0.647. The maximum atomic E-state index is 3.38. The molecule has 1 aromatic rings. The van der Waals surface area contributed by atoms with Crippen LogP contribution >= 0.6 is 0 Å². The maximum absolute atomic E-state index is 3.38. The van der Waals surface area contributed by atoms with E-state index in [9.17, 15) is 0 Å². The number of rotatable bonds is 5. The number of nitrogens with one attached hydrogen (secondary N) is 1. The van der Waals surface area contributed by atoms with E-state index >= 15 is 0 Å².